The molecule has 3 atom stereocenters. The van der Waals surface area contributed by atoms with Crippen LogP contribution in [0.2, 0.25) is 0 Å². The molecule has 0 unspecified atom stereocenters. The minimum absolute atomic E-state index is 0.0122. The standard InChI is InChI=1S/C11H16N6O6/c1-6(18)15-16-8-3-2-7(10(19)23-13)22-11(8,12)9(17-21)4-5-14-20/h2,8-9H,3-5,12-13H2,1H3/t8-,9-,11-/m1/s1. The van der Waals surface area contributed by atoms with Crippen molar-refractivity contribution in [2.24, 2.45) is 32.2 Å². The van der Waals surface area contributed by atoms with Crippen molar-refractivity contribution >= 4 is 11.9 Å². The first kappa shape index (κ1) is 18.4. The highest BCUT2D eigenvalue weighted by Crippen LogP contribution is 2.32. The molecule has 0 saturated carbocycles. The molecule has 4 N–H and O–H groups in total. The summed E-state index contributed by atoms with van der Waals surface area (Å²) in [7, 11) is 0. The van der Waals surface area contributed by atoms with Gasteiger partial charge in [0, 0.05) is 13.3 Å². The number of carbonyl (C=O) groups excluding carboxylic acids is 2. The van der Waals surface area contributed by atoms with E-state index in [0.717, 1.165) is 0 Å². The van der Waals surface area contributed by atoms with Crippen molar-refractivity contribution in [3.8, 4) is 0 Å². The first-order chi connectivity index (χ1) is 10.9. The molecule has 1 rings (SSSR count). The maximum Gasteiger partial charge on any atom is 0.391 e. The average molecular weight is 328 g/mol. The normalized spacial score (nSPS) is 25.2. The van der Waals surface area contributed by atoms with Crippen LogP contribution in [0.25, 0.3) is 0 Å². The molecule has 0 radical (unpaired) electrons. The van der Waals surface area contributed by atoms with Crippen molar-refractivity contribution in [3.63, 3.8) is 0 Å². The van der Waals surface area contributed by atoms with Gasteiger partial charge in [-0.25, -0.2) is 4.79 Å². The first-order valence-electron chi connectivity index (χ1n) is 6.51. The number of azo groups is 1. The largest absolute Gasteiger partial charge is 0.461 e. The van der Waals surface area contributed by atoms with Crippen molar-refractivity contribution in [2.75, 3.05) is 6.54 Å². The van der Waals surface area contributed by atoms with Gasteiger partial charge in [-0.3, -0.25) is 10.5 Å². The average Bonchev–Trinajstić information content (AvgIpc) is 2.53. The number of amides is 1. The summed E-state index contributed by atoms with van der Waals surface area (Å²) in [5.41, 5.74) is 4.14. The second-order valence-electron chi connectivity index (χ2n) is 4.68. The van der Waals surface area contributed by atoms with Crippen molar-refractivity contribution in [1.29, 1.82) is 0 Å². The third-order valence-electron chi connectivity index (χ3n) is 3.12. The van der Waals surface area contributed by atoms with Crippen LogP contribution in [-0.4, -0.2) is 36.2 Å². The van der Waals surface area contributed by atoms with E-state index in [9.17, 15) is 19.4 Å². The molecule has 0 bridgehead atoms. The predicted molar refractivity (Wildman–Crippen MR) is 75.2 cm³/mol. The zero-order chi connectivity index (χ0) is 17.5. The third kappa shape index (κ3) is 4.43. The van der Waals surface area contributed by atoms with Gasteiger partial charge in [0.25, 0.3) is 5.91 Å². The number of hydrogen-bond acceptors (Lipinski definition) is 11. The van der Waals surface area contributed by atoms with E-state index in [1.165, 1.54) is 13.0 Å². The fourth-order valence-corrected chi connectivity index (χ4v) is 2.00. The van der Waals surface area contributed by atoms with E-state index in [4.69, 9.17) is 16.4 Å². The molecule has 1 heterocycles. The lowest BCUT2D eigenvalue weighted by Crippen LogP contribution is -2.61. The summed E-state index contributed by atoms with van der Waals surface area (Å²) >= 11 is 0. The van der Waals surface area contributed by atoms with Gasteiger partial charge in [0.05, 0.1) is 6.54 Å². The highest BCUT2D eigenvalue weighted by Gasteiger charge is 2.49. The Balaban J connectivity index is 3.17. The van der Waals surface area contributed by atoms with Crippen LogP contribution in [0, 0.1) is 9.81 Å². The van der Waals surface area contributed by atoms with Crippen LogP contribution in [-0.2, 0) is 19.2 Å². The molecule has 12 nitrogen and oxygen atoms in total. The zero-order valence-electron chi connectivity index (χ0n) is 12.2. The molecular weight excluding hydrogens is 312 g/mol. The van der Waals surface area contributed by atoms with Gasteiger partial charge in [0.1, 0.15) is 12.1 Å². The molecule has 12 heteroatoms. The molecule has 126 valence electrons. The fourth-order valence-electron chi connectivity index (χ4n) is 2.00. The van der Waals surface area contributed by atoms with Crippen LogP contribution in [0.5, 0.6) is 0 Å². The van der Waals surface area contributed by atoms with Gasteiger partial charge in [0.2, 0.25) is 11.5 Å². The Kier molecular flexibility index (Phi) is 6.53. The smallest absolute Gasteiger partial charge is 0.391 e. The maximum absolute atomic E-state index is 11.5. The van der Waals surface area contributed by atoms with E-state index in [0.29, 0.717) is 0 Å². The van der Waals surface area contributed by atoms with Gasteiger partial charge in [-0.15, -0.1) is 5.11 Å². The summed E-state index contributed by atoms with van der Waals surface area (Å²) in [4.78, 5) is 47.8. The third-order valence-corrected chi connectivity index (χ3v) is 3.12. The van der Waals surface area contributed by atoms with Gasteiger partial charge in [-0.2, -0.15) is 20.8 Å². The Morgan fingerprint density at radius 2 is 2.22 bits per heavy atom. The number of nitroso groups, excluding NO2 is 2. The quantitative estimate of drug-likeness (QED) is 0.371. The van der Waals surface area contributed by atoms with Crippen LogP contribution in [0.1, 0.15) is 19.8 Å². The van der Waals surface area contributed by atoms with Crippen LogP contribution < -0.4 is 11.6 Å². The fraction of sp³-hybridized carbons (Fsp3) is 0.636. The Bertz CT molecular complexity index is 549. The van der Waals surface area contributed by atoms with Gasteiger partial charge in [0.15, 0.2) is 0 Å². The lowest BCUT2D eigenvalue weighted by Gasteiger charge is -2.39. The predicted octanol–water partition coefficient (Wildman–Crippen LogP) is 0.0213. The Labute approximate surface area is 130 Å². The minimum Gasteiger partial charge on any atom is -0.461 e. The molecule has 1 aliphatic heterocycles. The van der Waals surface area contributed by atoms with Crippen LogP contribution in [0.3, 0.4) is 0 Å². The molecule has 0 aromatic carbocycles. The summed E-state index contributed by atoms with van der Waals surface area (Å²) in [5.74, 6) is 2.83. The highest BCUT2D eigenvalue weighted by molar-refractivity contribution is 5.86. The van der Waals surface area contributed by atoms with Crippen LogP contribution in [0.4, 0.5) is 0 Å². The van der Waals surface area contributed by atoms with E-state index in [2.05, 4.69) is 25.4 Å². The van der Waals surface area contributed by atoms with Gasteiger partial charge >= 0.3 is 5.97 Å². The second kappa shape index (κ2) is 8.14. The second-order valence-corrected chi connectivity index (χ2v) is 4.68. The molecule has 1 aliphatic rings. The summed E-state index contributed by atoms with van der Waals surface area (Å²) in [5, 5.41) is 12.5. The van der Waals surface area contributed by atoms with Gasteiger partial charge in [-0.1, -0.05) is 10.4 Å². The summed E-state index contributed by atoms with van der Waals surface area (Å²) in [6.45, 7) is 0.917. The van der Waals surface area contributed by atoms with Gasteiger partial charge in [-0.05, 0) is 12.5 Å². The molecule has 0 aliphatic carbocycles. The van der Waals surface area contributed by atoms with E-state index < -0.39 is 29.7 Å². The van der Waals surface area contributed by atoms with Crippen molar-refractivity contribution < 1.29 is 19.2 Å². The van der Waals surface area contributed by atoms with E-state index in [-0.39, 0.29) is 25.1 Å². The molecule has 1 amide bonds. The summed E-state index contributed by atoms with van der Waals surface area (Å²) < 4.78 is 5.30. The number of nitrogens with two attached hydrogens (primary N) is 2. The Hall–Kier alpha value is -2.60. The topological polar surface area (TPSA) is 188 Å². The number of ether oxygens (including phenoxy) is 1. The monoisotopic (exact) mass is 328 g/mol. The molecular formula is C11H16N6O6. The Morgan fingerprint density at radius 1 is 1.52 bits per heavy atom. The molecule has 0 spiro atoms. The maximum atomic E-state index is 11.5. The van der Waals surface area contributed by atoms with Crippen LogP contribution in [0.15, 0.2) is 32.4 Å². The minimum atomic E-state index is -1.91. The summed E-state index contributed by atoms with van der Waals surface area (Å²) in [6, 6.07) is -2.26. The van der Waals surface area contributed by atoms with E-state index in [1.54, 1.807) is 0 Å². The van der Waals surface area contributed by atoms with E-state index in [1.807, 2.05) is 0 Å². The highest BCUT2D eigenvalue weighted by atomic mass is 16.7. The lowest BCUT2D eigenvalue weighted by molar-refractivity contribution is -0.150. The molecule has 23 heavy (non-hydrogen) atoms. The van der Waals surface area contributed by atoms with Crippen molar-refractivity contribution in [2.45, 2.75) is 37.6 Å². The SMILES string of the molecule is CC(=O)N=N[C@@H]1CC=C(C(=O)ON)O[C@@]1(N)[C@@H](CCN=O)N=O. The van der Waals surface area contributed by atoms with Crippen LogP contribution >= 0.6 is 0 Å². The molecule has 0 fully saturated rings. The molecule has 0 aromatic rings. The summed E-state index contributed by atoms with van der Waals surface area (Å²) in [6.07, 6.45) is 1.16. The number of rotatable bonds is 7. The number of hydrogen-bond donors (Lipinski definition) is 2. The number of carbonyl (C=O) groups is 2. The van der Waals surface area contributed by atoms with Crippen molar-refractivity contribution in [3.05, 3.63) is 21.6 Å². The number of nitrogens with zero attached hydrogens (tertiary/aromatic N) is 4. The lowest BCUT2D eigenvalue weighted by atomic mass is 9.90. The Morgan fingerprint density at radius 3 is 2.74 bits per heavy atom. The van der Waals surface area contributed by atoms with Gasteiger partial charge < -0.3 is 9.57 Å². The molecule has 0 aromatic heterocycles. The zero-order valence-corrected chi connectivity index (χ0v) is 12.2. The molecule has 0 saturated heterocycles. The van der Waals surface area contributed by atoms with E-state index >= 15 is 0 Å². The first-order valence-corrected chi connectivity index (χ1v) is 6.51. The van der Waals surface area contributed by atoms with Crippen molar-refractivity contribution in [1.82, 2.24) is 0 Å².